The Labute approximate surface area is 228 Å². The Balaban J connectivity index is 1.49. The lowest BCUT2D eigenvalue weighted by molar-refractivity contribution is -0.117. The molecule has 1 N–H and O–H groups in total. The van der Waals surface area contributed by atoms with Crippen molar-refractivity contribution in [3.63, 3.8) is 0 Å². The topological polar surface area (TPSA) is 111 Å². The average molecular weight is 551 g/mol. The van der Waals surface area contributed by atoms with Crippen LogP contribution < -0.4 is 19.1 Å². The zero-order chi connectivity index (χ0) is 28.4. The third-order valence-electron chi connectivity index (χ3n) is 6.64. The predicted octanol–water partition coefficient (Wildman–Crippen LogP) is 4.54. The van der Waals surface area contributed by atoms with Crippen LogP contribution in [0.2, 0.25) is 0 Å². The number of carbonyl (C=O) groups is 2. The number of hydrogen-bond acceptors (Lipinski definition) is 8. The molecule has 0 spiro atoms. The smallest absolute Gasteiger partial charge is 0.340 e. The van der Waals surface area contributed by atoms with Crippen molar-refractivity contribution < 1.29 is 32.2 Å². The minimum absolute atomic E-state index is 0.00944. The Morgan fingerprint density at radius 3 is 2.31 bits per heavy atom. The fraction of sp³-hybridized carbons (Fsp3) is 0.241. The van der Waals surface area contributed by atoms with Crippen LogP contribution in [0.4, 0.5) is 11.4 Å². The summed E-state index contributed by atoms with van der Waals surface area (Å²) in [6.07, 6.45) is 1.49. The van der Waals surface area contributed by atoms with Gasteiger partial charge in [0.2, 0.25) is 0 Å². The maximum absolute atomic E-state index is 13.1. The first-order valence-electron chi connectivity index (χ1n) is 12.1. The summed E-state index contributed by atoms with van der Waals surface area (Å²) in [4.78, 5) is 27.6. The maximum atomic E-state index is 13.1. The lowest BCUT2D eigenvalue weighted by Gasteiger charge is -2.23. The molecule has 0 radical (unpaired) electrons. The highest BCUT2D eigenvalue weighted by Gasteiger charge is 2.38. The predicted molar refractivity (Wildman–Crippen MR) is 148 cm³/mol. The van der Waals surface area contributed by atoms with Crippen molar-refractivity contribution in [2.24, 2.45) is 0 Å². The van der Waals surface area contributed by atoms with Gasteiger partial charge in [-0.3, -0.25) is 9.52 Å². The van der Waals surface area contributed by atoms with Crippen molar-refractivity contribution >= 4 is 33.2 Å². The standard InChI is InChI=1S/C29H30N2O7S/c1-29(2)22-11-7-9-13-24(22)31(3)27(29)16-19(32)18-38-28(33)21-10-6-8-12-23(21)30-39(34,35)20-14-15-25(36-4)26(17-20)37-5/h6-17,30H,18H2,1-5H3. The summed E-state index contributed by atoms with van der Waals surface area (Å²) in [5.74, 6) is -0.625. The summed E-state index contributed by atoms with van der Waals surface area (Å²) in [7, 11) is 0.635. The van der Waals surface area contributed by atoms with Crippen molar-refractivity contribution in [2.45, 2.75) is 24.2 Å². The summed E-state index contributed by atoms with van der Waals surface area (Å²) in [6.45, 7) is 3.56. The zero-order valence-electron chi connectivity index (χ0n) is 22.3. The van der Waals surface area contributed by atoms with Gasteiger partial charge in [-0.15, -0.1) is 0 Å². The van der Waals surface area contributed by atoms with E-state index < -0.39 is 33.8 Å². The number of fused-ring (bicyclic) bond motifs is 1. The molecular weight excluding hydrogens is 520 g/mol. The number of esters is 1. The van der Waals surface area contributed by atoms with Crippen LogP contribution in [0.15, 0.2) is 83.4 Å². The van der Waals surface area contributed by atoms with Gasteiger partial charge in [-0.1, -0.05) is 44.2 Å². The Kier molecular flexibility index (Phi) is 7.69. The number of methoxy groups -OCH3 is 2. The van der Waals surface area contributed by atoms with Crippen LogP contribution in [0.1, 0.15) is 29.8 Å². The molecule has 0 fully saturated rings. The Hall–Kier alpha value is -4.31. The second kappa shape index (κ2) is 10.8. The molecule has 0 atom stereocenters. The van der Waals surface area contributed by atoms with Crippen LogP contribution in [-0.4, -0.2) is 48.0 Å². The normalized spacial score (nSPS) is 15.0. The van der Waals surface area contributed by atoms with Crippen LogP contribution in [-0.2, 0) is 25.0 Å². The molecule has 1 aliphatic rings. The van der Waals surface area contributed by atoms with Crippen LogP contribution >= 0.6 is 0 Å². The molecule has 0 saturated heterocycles. The van der Waals surface area contributed by atoms with E-state index >= 15 is 0 Å². The van der Waals surface area contributed by atoms with Crippen molar-refractivity contribution in [1.29, 1.82) is 0 Å². The number of nitrogens with zero attached hydrogens (tertiary/aromatic N) is 1. The lowest BCUT2D eigenvalue weighted by atomic mass is 9.83. The van der Waals surface area contributed by atoms with E-state index in [0.717, 1.165) is 16.9 Å². The number of para-hydroxylation sites is 2. The Bertz CT molecular complexity index is 1560. The van der Waals surface area contributed by atoms with E-state index in [4.69, 9.17) is 14.2 Å². The molecule has 4 rings (SSSR count). The van der Waals surface area contributed by atoms with Gasteiger partial charge in [0.1, 0.15) is 0 Å². The van der Waals surface area contributed by atoms with Gasteiger partial charge in [0.05, 0.1) is 30.4 Å². The number of anilines is 2. The highest BCUT2D eigenvalue weighted by atomic mass is 32.2. The van der Waals surface area contributed by atoms with E-state index in [0.29, 0.717) is 5.75 Å². The summed E-state index contributed by atoms with van der Waals surface area (Å²) >= 11 is 0. The van der Waals surface area contributed by atoms with Gasteiger partial charge in [-0.2, -0.15) is 0 Å². The number of rotatable bonds is 9. The summed E-state index contributed by atoms with van der Waals surface area (Å²) in [6, 6.07) is 18.1. The molecule has 3 aromatic rings. The third-order valence-corrected chi connectivity index (χ3v) is 8.00. The molecule has 0 amide bonds. The molecule has 3 aromatic carbocycles. The number of benzene rings is 3. The first kappa shape index (κ1) is 27.7. The lowest BCUT2D eigenvalue weighted by Crippen LogP contribution is -2.25. The third kappa shape index (κ3) is 5.46. The van der Waals surface area contributed by atoms with E-state index in [9.17, 15) is 18.0 Å². The van der Waals surface area contributed by atoms with Crippen LogP contribution in [0.5, 0.6) is 11.5 Å². The van der Waals surface area contributed by atoms with E-state index in [1.54, 1.807) is 12.1 Å². The number of nitrogens with one attached hydrogen (secondary N) is 1. The van der Waals surface area contributed by atoms with Gasteiger partial charge < -0.3 is 19.1 Å². The van der Waals surface area contributed by atoms with E-state index in [1.165, 1.54) is 50.6 Å². The number of likely N-dealkylation sites (N-methyl/N-ethyl adjacent to an activating group) is 1. The first-order valence-corrected chi connectivity index (χ1v) is 13.6. The molecule has 0 unspecified atom stereocenters. The monoisotopic (exact) mass is 550 g/mol. The van der Waals surface area contributed by atoms with Gasteiger partial charge in [0.15, 0.2) is 23.9 Å². The summed E-state index contributed by atoms with van der Waals surface area (Å²) in [5, 5.41) is 0. The van der Waals surface area contributed by atoms with Crippen molar-refractivity contribution in [2.75, 3.05) is 37.5 Å². The highest BCUT2D eigenvalue weighted by molar-refractivity contribution is 7.92. The maximum Gasteiger partial charge on any atom is 0.340 e. The Morgan fingerprint density at radius 2 is 1.62 bits per heavy atom. The van der Waals surface area contributed by atoms with E-state index in [1.807, 2.05) is 50.1 Å². The molecule has 0 bridgehead atoms. The van der Waals surface area contributed by atoms with E-state index in [-0.39, 0.29) is 21.9 Å². The second-order valence-corrected chi connectivity index (χ2v) is 11.1. The fourth-order valence-electron chi connectivity index (χ4n) is 4.60. The van der Waals surface area contributed by atoms with Crippen LogP contribution in [0.3, 0.4) is 0 Å². The highest BCUT2D eigenvalue weighted by Crippen LogP contribution is 2.46. The molecular formula is C29H30N2O7S. The molecule has 39 heavy (non-hydrogen) atoms. The second-order valence-electron chi connectivity index (χ2n) is 9.44. The minimum Gasteiger partial charge on any atom is -0.493 e. The largest absolute Gasteiger partial charge is 0.493 e. The number of ketones is 1. The molecule has 0 aliphatic carbocycles. The van der Waals surface area contributed by atoms with Crippen LogP contribution in [0.25, 0.3) is 0 Å². The van der Waals surface area contributed by atoms with Crippen molar-refractivity contribution in [3.8, 4) is 11.5 Å². The average Bonchev–Trinajstić information content (AvgIpc) is 3.12. The molecule has 10 heteroatoms. The first-order chi connectivity index (χ1) is 18.5. The summed E-state index contributed by atoms with van der Waals surface area (Å²) < 4.78 is 44.2. The van der Waals surface area contributed by atoms with Gasteiger partial charge in [-0.05, 0) is 35.9 Å². The number of hydrogen-bond donors (Lipinski definition) is 1. The SMILES string of the molecule is COc1ccc(S(=O)(=O)Nc2ccccc2C(=O)OCC(=O)C=C2N(C)c3ccccc3C2(C)C)cc1OC. The van der Waals surface area contributed by atoms with Crippen molar-refractivity contribution in [3.05, 3.63) is 89.6 Å². The fourth-order valence-corrected chi connectivity index (χ4v) is 5.70. The minimum atomic E-state index is -4.09. The van der Waals surface area contributed by atoms with Gasteiger partial charge >= 0.3 is 5.97 Å². The van der Waals surface area contributed by atoms with Gasteiger partial charge in [0, 0.05) is 36.0 Å². The van der Waals surface area contributed by atoms with Crippen LogP contribution in [0, 0.1) is 0 Å². The Morgan fingerprint density at radius 1 is 0.949 bits per heavy atom. The number of carbonyl (C=O) groups excluding carboxylic acids is 2. The molecule has 204 valence electrons. The quantitative estimate of drug-likeness (QED) is 0.305. The molecule has 0 aromatic heterocycles. The zero-order valence-corrected chi connectivity index (χ0v) is 23.2. The number of ether oxygens (including phenoxy) is 3. The van der Waals surface area contributed by atoms with E-state index in [2.05, 4.69) is 4.72 Å². The number of allylic oxidation sites excluding steroid dienone is 1. The number of sulfonamides is 1. The summed E-state index contributed by atoms with van der Waals surface area (Å²) in [5.41, 5.74) is 2.46. The van der Waals surface area contributed by atoms with Gasteiger partial charge in [0.25, 0.3) is 10.0 Å². The molecule has 0 saturated carbocycles. The molecule has 1 aliphatic heterocycles. The van der Waals surface area contributed by atoms with Crippen molar-refractivity contribution in [1.82, 2.24) is 0 Å². The molecule has 9 nitrogen and oxygen atoms in total. The molecule has 1 heterocycles. The van der Waals surface area contributed by atoms with Gasteiger partial charge in [-0.25, -0.2) is 13.2 Å².